The quantitative estimate of drug-likeness (QED) is 0.794. The molecule has 110 valence electrons. The van der Waals surface area contributed by atoms with E-state index < -0.39 is 0 Å². The van der Waals surface area contributed by atoms with Gasteiger partial charge in [0.1, 0.15) is 0 Å². The highest BCUT2D eigenvalue weighted by molar-refractivity contribution is 5.72. The predicted octanol–water partition coefficient (Wildman–Crippen LogP) is 3.07. The van der Waals surface area contributed by atoms with E-state index in [1.807, 2.05) is 30.3 Å². The minimum atomic E-state index is -0.266. The number of carbonyl (C=O) groups excluding carboxylic acids is 1. The number of hydrogen-bond donors (Lipinski definition) is 0. The monoisotopic (exact) mass is 277 g/mol. The van der Waals surface area contributed by atoms with Gasteiger partial charge in [-0.3, -0.25) is 4.90 Å². The smallest absolute Gasteiger partial charge is 0.410 e. The SMILES string of the molecule is COC(=O)N1[C@H](COCc2ccccc2)[C@H]1C(C)(C)C. The van der Waals surface area contributed by atoms with E-state index in [0.29, 0.717) is 13.2 Å². The van der Waals surface area contributed by atoms with Gasteiger partial charge in [0.2, 0.25) is 0 Å². The zero-order chi connectivity index (χ0) is 14.8. The first-order valence-electron chi connectivity index (χ1n) is 6.93. The molecule has 0 aliphatic carbocycles. The van der Waals surface area contributed by atoms with E-state index in [2.05, 4.69) is 20.8 Å². The average Bonchev–Trinajstić information content (AvgIpc) is 3.13. The number of amides is 1. The fourth-order valence-corrected chi connectivity index (χ4v) is 2.67. The second kappa shape index (κ2) is 5.83. The summed E-state index contributed by atoms with van der Waals surface area (Å²) in [4.78, 5) is 13.5. The second-order valence-electron chi connectivity index (χ2n) is 6.26. The minimum absolute atomic E-state index is 0.0367. The summed E-state index contributed by atoms with van der Waals surface area (Å²) in [7, 11) is 1.42. The Morgan fingerprint density at radius 1 is 1.25 bits per heavy atom. The minimum Gasteiger partial charge on any atom is -0.453 e. The topological polar surface area (TPSA) is 38.5 Å². The Labute approximate surface area is 120 Å². The van der Waals surface area contributed by atoms with Crippen molar-refractivity contribution in [2.24, 2.45) is 5.41 Å². The molecule has 2 rings (SSSR count). The summed E-state index contributed by atoms with van der Waals surface area (Å²) in [5.74, 6) is 0. The highest BCUT2D eigenvalue weighted by atomic mass is 16.5. The molecule has 1 aliphatic heterocycles. The molecule has 1 aromatic rings. The van der Waals surface area contributed by atoms with Gasteiger partial charge in [-0.1, -0.05) is 51.1 Å². The van der Waals surface area contributed by atoms with Gasteiger partial charge in [-0.25, -0.2) is 4.79 Å². The van der Waals surface area contributed by atoms with Crippen LogP contribution in [-0.2, 0) is 16.1 Å². The number of ether oxygens (including phenoxy) is 2. The van der Waals surface area contributed by atoms with E-state index in [4.69, 9.17) is 9.47 Å². The molecule has 20 heavy (non-hydrogen) atoms. The van der Waals surface area contributed by atoms with Crippen molar-refractivity contribution in [3.8, 4) is 0 Å². The highest BCUT2D eigenvalue weighted by Crippen LogP contribution is 2.42. The molecule has 0 radical (unpaired) electrons. The van der Waals surface area contributed by atoms with Crippen LogP contribution in [0, 0.1) is 5.41 Å². The Hall–Kier alpha value is -1.55. The van der Waals surface area contributed by atoms with Crippen molar-refractivity contribution < 1.29 is 14.3 Å². The number of nitrogens with zero attached hydrogens (tertiary/aromatic N) is 1. The van der Waals surface area contributed by atoms with Crippen LogP contribution >= 0.6 is 0 Å². The number of rotatable bonds is 4. The van der Waals surface area contributed by atoms with Crippen molar-refractivity contribution in [2.75, 3.05) is 13.7 Å². The maximum atomic E-state index is 11.7. The zero-order valence-electron chi connectivity index (χ0n) is 12.6. The molecule has 4 heteroatoms. The van der Waals surface area contributed by atoms with Crippen molar-refractivity contribution in [3.63, 3.8) is 0 Å². The summed E-state index contributed by atoms with van der Waals surface area (Å²) < 4.78 is 10.6. The fraction of sp³-hybridized carbons (Fsp3) is 0.562. The Balaban J connectivity index is 1.87. The van der Waals surface area contributed by atoms with Crippen molar-refractivity contribution >= 4 is 6.09 Å². The van der Waals surface area contributed by atoms with E-state index in [-0.39, 0.29) is 23.6 Å². The lowest BCUT2D eigenvalue weighted by molar-refractivity contribution is 0.107. The first-order chi connectivity index (χ1) is 9.45. The first kappa shape index (κ1) is 14.9. The van der Waals surface area contributed by atoms with Crippen molar-refractivity contribution in [1.82, 2.24) is 4.90 Å². The number of benzene rings is 1. The molecule has 4 nitrogen and oxygen atoms in total. The molecule has 1 fully saturated rings. The molecule has 1 heterocycles. The van der Waals surface area contributed by atoms with E-state index in [9.17, 15) is 4.79 Å². The van der Waals surface area contributed by atoms with Crippen LogP contribution < -0.4 is 0 Å². The van der Waals surface area contributed by atoms with Crippen LogP contribution in [0.3, 0.4) is 0 Å². The van der Waals surface area contributed by atoms with Gasteiger partial charge in [-0.2, -0.15) is 0 Å². The van der Waals surface area contributed by atoms with E-state index in [1.165, 1.54) is 7.11 Å². The number of hydrogen-bond acceptors (Lipinski definition) is 3. The van der Waals surface area contributed by atoms with Crippen LogP contribution in [0.15, 0.2) is 30.3 Å². The molecule has 1 saturated heterocycles. The van der Waals surface area contributed by atoms with Gasteiger partial charge in [0.15, 0.2) is 0 Å². The maximum absolute atomic E-state index is 11.7. The van der Waals surface area contributed by atoms with Gasteiger partial charge in [0, 0.05) is 0 Å². The van der Waals surface area contributed by atoms with Crippen LogP contribution in [0.1, 0.15) is 26.3 Å². The van der Waals surface area contributed by atoms with Crippen LogP contribution in [-0.4, -0.2) is 36.8 Å². The van der Waals surface area contributed by atoms with E-state index in [1.54, 1.807) is 4.90 Å². The number of carbonyl (C=O) groups is 1. The zero-order valence-corrected chi connectivity index (χ0v) is 12.6. The van der Waals surface area contributed by atoms with Crippen LogP contribution in [0.2, 0.25) is 0 Å². The Morgan fingerprint density at radius 2 is 1.90 bits per heavy atom. The third-order valence-electron chi connectivity index (χ3n) is 3.60. The molecule has 0 spiro atoms. The first-order valence-corrected chi connectivity index (χ1v) is 6.93. The van der Waals surface area contributed by atoms with Gasteiger partial charge in [-0.15, -0.1) is 0 Å². The molecule has 0 unspecified atom stereocenters. The highest BCUT2D eigenvalue weighted by Gasteiger charge is 2.57. The third kappa shape index (κ3) is 3.31. The van der Waals surface area contributed by atoms with Gasteiger partial charge in [0.25, 0.3) is 0 Å². The third-order valence-corrected chi connectivity index (χ3v) is 3.60. The van der Waals surface area contributed by atoms with Crippen molar-refractivity contribution in [1.29, 1.82) is 0 Å². The molecule has 1 aliphatic rings. The summed E-state index contributed by atoms with van der Waals surface area (Å²) in [6.07, 6.45) is -0.266. The standard InChI is InChI=1S/C16H23NO3/c1-16(2,3)14-13(17(14)15(18)19-4)11-20-10-12-8-6-5-7-9-12/h5-9,13-14H,10-11H2,1-4H3/t13-,14+,17?/m1/s1. The van der Waals surface area contributed by atoms with Crippen molar-refractivity contribution in [3.05, 3.63) is 35.9 Å². The average molecular weight is 277 g/mol. The molecule has 0 aromatic heterocycles. The summed E-state index contributed by atoms with van der Waals surface area (Å²) in [6, 6.07) is 10.3. The largest absolute Gasteiger partial charge is 0.453 e. The van der Waals surface area contributed by atoms with Crippen LogP contribution in [0.25, 0.3) is 0 Å². The Kier molecular flexibility index (Phi) is 4.33. The molecule has 2 atom stereocenters. The number of methoxy groups -OCH3 is 1. The lowest BCUT2D eigenvalue weighted by Gasteiger charge is -2.17. The Morgan fingerprint density at radius 3 is 2.45 bits per heavy atom. The van der Waals surface area contributed by atoms with Gasteiger partial charge < -0.3 is 9.47 Å². The van der Waals surface area contributed by atoms with Crippen LogP contribution in [0.5, 0.6) is 0 Å². The summed E-state index contributed by atoms with van der Waals surface area (Å²) >= 11 is 0. The van der Waals surface area contributed by atoms with Gasteiger partial charge >= 0.3 is 6.09 Å². The fourth-order valence-electron chi connectivity index (χ4n) is 2.67. The molecule has 1 aromatic carbocycles. The second-order valence-corrected chi connectivity index (χ2v) is 6.26. The molecular formula is C16H23NO3. The summed E-state index contributed by atoms with van der Waals surface area (Å²) in [5, 5.41) is 0. The normalized spacial score (nSPS) is 21.7. The Bertz CT molecular complexity index is 453. The molecule has 0 saturated carbocycles. The molecular weight excluding hydrogens is 254 g/mol. The van der Waals surface area contributed by atoms with E-state index >= 15 is 0 Å². The lowest BCUT2D eigenvalue weighted by atomic mass is 9.90. The van der Waals surface area contributed by atoms with E-state index in [0.717, 1.165) is 5.56 Å². The summed E-state index contributed by atoms with van der Waals surface area (Å²) in [5.41, 5.74) is 1.18. The molecule has 0 N–H and O–H groups in total. The van der Waals surface area contributed by atoms with Gasteiger partial charge in [-0.05, 0) is 11.0 Å². The molecule has 0 bridgehead atoms. The predicted molar refractivity (Wildman–Crippen MR) is 77.4 cm³/mol. The molecule has 1 amide bonds. The van der Waals surface area contributed by atoms with Crippen molar-refractivity contribution in [2.45, 2.75) is 39.5 Å². The maximum Gasteiger partial charge on any atom is 0.410 e. The van der Waals surface area contributed by atoms with Crippen LogP contribution in [0.4, 0.5) is 4.79 Å². The summed E-state index contributed by atoms with van der Waals surface area (Å²) in [6.45, 7) is 7.51. The lowest BCUT2D eigenvalue weighted by Crippen LogP contribution is -2.22. The van der Waals surface area contributed by atoms with Gasteiger partial charge in [0.05, 0.1) is 32.4 Å².